The van der Waals surface area contributed by atoms with Gasteiger partial charge in [0.1, 0.15) is 0 Å². The molecule has 2 N–H and O–H groups in total. The van der Waals surface area contributed by atoms with E-state index < -0.39 is 0 Å². The number of rotatable bonds is 3. The molecule has 0 spiro atoms. The second-order valence-corrected chi connectivity index (χ2v) is 4.62. The summed E-state index contributed by atoms with van der Waals surface area (Å²) in [6.07, 6.45) is 2.84. The van der Waals surface area contributed by atoms with Crippen LogP contribution in [-0.2, 0) is 12.8 Å². The van der Waals surface area contributed by atoms with Crippen LogP contribution >= 0.6 is 0 Å². The number of hydrogen-bond acceptors (Lipinski definition) is 3. The van der Waals surface area contributed by atoms with Gasteiger partial charge >= 0.3 is 0 Å². The topological polar surface area (TPSA) is 69.2 Å². The molecule has 16 heavy (non-hydrogen) atoms. The van der Waals surface area contributed by atoms with Gasteiger partial charge in [-0.1, -0.05) is 13.0 Å². The van der Waals surface area contributed by atoms with Crippen molar-refractivity contribution >= 4 is 5.69 Å². The highest BCUT2D eigenvalue weighted by molar-refractivity contribution is 5.43. The van der Waals surface area contributed by atoms with Gasteiger partial charge in [0.25, 0.3) is 5.69 Å². The Morgan fingerprint density at radius 2 is 2.12 bits per heavy atom. The number of nitro groups is 1. The van der Waals surface area contributed by atoms with Crippen LogP contribution in [0.5, 0.6) is 0 Å². The highest BCUT2D eigenvalue weighted by Gasteiger charge is 2.35. The summed E-state index contributed by atoms with van der Waals surface area (Å²) >= 11 is 0. The fourth-order valence-electron chi connectivity index (χ4n) is 2.47. The lowest BCUT2D eigenvalue weighted by molar-refractivity contribution is -0.384. The van der Waals surface area contributed by atoms with Gasteiger partial charge in [-0.2, -0.15) is 0 Å². The molecule has 0 heterocycles. The number of nitrogens with zero attached hydrogens (tertiary/aromatic N) is 1. The molecule has 0 radical (unpaired) electrons. The Morgan fingerprint density at radius 3 is 2.69 bits per heavy atom. The zero-order valence-electron chi connectivity index (χ0n) is 9.40. The minimum atomic E-state index is -0.339. The maximum Gasteiger partial charge on any atom is 0.269 e. The van der Waals surface area contributed by atoms with Gasteiger partial charge in [-0.25, -0.2) is 0 Å². The third kappa shape index (κ3) is 1.69. The predicted octanol–water partition coefficient (Wildman–Crippen LogP) is 2.05. The van der Waals surface area contributed by atoms with E-state index >= 15 is 0 Å². The summed E-state index contributed by atoms with van der Waals surface area (Å²) in [5.74, 6) is 0. The van der Waals surface area contributed by atoms with Gasteiger partial charge in [0.2, 0.25) is 0 Å². The smallest absolute Gasteiger partial charge is 0.269 e. The molecule has 0 aromatic heterocycles. The van der Waals surface area contributed by atoms with Crippen molar-refractivity contribution in [1.82, 2.24) is 0 Å². The first-order valence-electron chi connectivity index (χ1n) is 5.56. The minimum absolute atomic E-state index is 0.123. The van der Waals surface area contributed by atoms with Crippen molar-refractivity contribution in [2.24, 2.45) is 11.1 Å². The van der Waals surface area contributed by atoms with Crippen LogP contribution in [0.15, 0.2) is 18.2 Å². The summed E-state index contributed by atoms with van der Waals surface area (Å²) in [5.41, 5.74) is 8.45. The fourth-order valence-corrected chi connectivity index (χ4v) is 2.47. The monoisotopic (exact) mass is 220 g/mol. The van der Waals surface area contributed by atoms with E-state index in [9.17, 15) is 10.1 Å². The zero-order chi connectivity index (χ0) is 11.8. The lowest BCUT2D eigenvalue weighted by atomic mass is 9.82. The van der Waals surface area contributed by atoms with Gasteiger partial charge in [0.15, 0.2) is 0 Å². The molecular formula is C12H16N2O2. The molecule has 1 atom stereocenters. The number of non-ortho nitro benzene ring substituents is 1. The van der Waals surface area contributed by atoms with E-state index in [1.807, 2.05) is 6.07 Å². The standard InChI is InChI=1S/C12H16N2O2/c1-2-12(8-13)6-9-3-4-11(14(15)16)5-10(9)7-12/h3-5H,2,6-8,13H2,1H3. The quantitative estimate of drug-likeness (QED) is 0.626. The molecule has 0 saturated carbocycles. The summed E-state index contributed by atoms with van der Waals surface area (Å²) < 4.78 is 0. The van der Waals surface area contributed by atoms with Gasteiger partial charge < -0.3 is 5.73 Å². The summed E-state index contributed by atoms with van der Waals surface area (Å²) in [6.45, 7) is 2.78. The van der Waals surface area contributed by atoms with Crippen LogP contribution in [0.25, 0.3) is 0 Å². The van der Waals surface area contributed by atoms with Crippen molar-refractivity contribution in [3.63, 3.8) is 0 Å². The molecule has 0 aliphatic heterocycles. The lowest BCUT2D eigenvalue weighted by Gasteiger charge is -2.24. The van der Waals surface area contributed by atoms with E-state index in [0.29, 0.717) is 6.54 Å². The number of nitro benzene ring substituents is 1. The molecule has 86 valence electrons. The van der Waals surface area contributed by atoms with Crippen molar-refractivity contribution in [2.45, 2.75) is 26.2 Å². The van der Waals surface area contributed by atoms with Crippen LogP contribution in [0, 0.1) is 15.5 Å². The van der Waals surface area contributed by atoms with Gasteiger partial charge in [-0.05, 0) is 42.3 Å². The molecular weight excluding hydrogens is 204 g/mol. The Kier molecular flexibility index (Phi) is 2.68. The van der Waals surface area contributed by atoms with E-state index in [4.69, 9.17) is 5.73 Å². The third-order valence-electron chi connectivity index (χ3n) is 3.71. The average molecular weight is 220 g/mol. The molecule has 0 saturated heterocycles. The van der Waals surface area contributed by atoms with Crippen molar-refractivity contribution in [3.05, 3.63) is 39.4 Å². The highest BCUT2D eigenvalue weighted by atomic mass is 16.6. The van der Waals surface area contributed by atoms with E-state index in [1.54, 1.807) is 12.1 Å². The molecule has 1 aliphatic rings. The summed E-state index contributed by atoms with van der Waals surface area (Å²) in [6, 6.07) is 5.16. The van der Waals surface area contributed by atoms with Crippen LogP contribution in [-0.4, -0.2) is 11.5 Å². The van der Waals surface area contributed by atoms with Crippen LogP contribution in [0.1, 0.15) is 24.5 Å². The second kappa shape index (κ2) is 3.87. The van der Waals surface area contributed by atoms with E-state index in [1.165, 1.54) is 5.56 Å². The Bertz CT molecular complexity index is 425. The number of benzene rings is 1. The zero-order valence-corrected chi connectivity index (χ0v) is 9.40. The molecule has 0 bridgehead atoms. The van der Waals surface area contributed by atoms with Crippen molar-refractivity contribution < 1.29 is 4.92 Å². The lowest BCUT2D eigenvalue weighted by Crippen LogP contribution is -2.30. The maximum absolute atomic E-state index is 10.7. The maximum atomic E-state index is 10.7. The molecule has 0 amide bonds. The summed E-state index contributed by atoms with van der Waals surface area (Å²) in [5, 5.41) is 10.7. The molecule has 1 aromatic rings. The van der Waals surface area contributed by atoms with Crippen molar-refractivity contribution in [3.8, 4) is 0 Å². The van der Waals surface area contributed by atoms with Gasteiger partial charge in [-0.15, -0.1) is 0 Å². The first-order chi connectivity index (χ1) is 7.60. The Balaban J connectivity index is 2.34. The summed E-state index contributed by atoms with van der Waals surface area (Å²) in [4.78, 5) is 10.3. The van der Waals surface area contributed by atoms with E-state index in [2.05, 4.69) is 6.92 Å². The predicted molar refractivity (Wildman–Crippen MR) is 62.3 cm³/mol. The van der Waals surface area contributed by atoms with Crippen molar-refractivity contribution in [2.75, 3.05) is 6.54 Å². The molecule has 1 aliphatic carbocycles. The largest absolute Gasteiger partial charge is 0.330 e. The molecule has 0 fully saturated rings. The molecule has 1 aromatic carbocycles. The molecule has 2 rings (SSSR count). The second-order valence-electron chi connectivity index (χ2n) is 4.62. The van der Waals surface area contributed by atoms with Gasteiger partial charge in [-0.3, -0.25) is 10.1 Å². The molecule has 4 heteroatoms. The van der Waals surface area contributed by atoms with Crippen LogP contribution in [0.4, 0.5) is 5.69 Å². The molecule has 1 unspecified atom stereocenters. The Morgan fingerprint density at radius 1 is 1.44 bits per heavy atom. The average Bonchev–Trinajstić information content (AvgIpc) is 2.67. The third-order valence-corrected chi connectivity index (χ3v) is 3.71. The van der Waals surface area contributed by atoms with E-state index in [-0.39, 0.29) is 16.0 Å². The normalized spacial score (nSPS) is 23.1. The van der Waals surface area contributed by atoms with Gasteiger partial charge in [0.05, 0.1) is 4.92 Å². The number of fused-ring (bicyclic) bond motifs is 1. The fraction of sp³-hybridized carbons (Fsp3) is 0.500. The molecule has 4 nitrogen and oxygen atoms in total. The highest BCUT2D eigenvalue weighted by Crippen LogP contribution is 2.39. The SMILES string of the molecule is CCC1(CN)Cc2ccc([N+](=O)[O-])cc2C1. The van der Waals surface area contributed by atoms with Crippen LogP contribution < -0.4 is 5.73 Å². The van der Waals surface area contributed by atoms with Crippen molar-refractivity contribution in [1.29, 1.82) is 0 Å². The van der Waals surface area contributed by atoms with E-state index in [0.717, 1.165) is 24.8 Å². The summed E-state index contributed by atoms with van der Waals surface area (Å²) in [7, 11) is 0. The number of hydrogen-bond donors (Lipinski definition) is 1. The van der Waals surface area contributed by atoms with Crippen LogP contribution in [0.3, 0.4) is 0 Å². The van der Waals surface area contributed by atoms with Gasteiger partial charge in [0, 0.05) is 12.1 Å². The first kappa shape index (κ1) is 11.1. The Labute approximate surface area is 94.6 Å². The Hall–Kier alpha value is -1.42. The minimum Gasteiger partial charge on any atom is -0.330 e. The number of nitrogens with two attached hydrogens (primary N) is 1. The first-order valence-corrected chi connectivity index (χ1v) is 5.56. The van der Waals surface area contributed by atoms with Crippen LogP contribution in [0.2, 0.25) is 0 Å².